The summed E-state index contributed by atoms with van der Waals surface area (Å²) in [6.45, 7) is 1.97. The first-order valence-corrected chi connectivity index (χ1v) is 5.77. The minimum Gasteiger partial charge on any atom is -0.354 e. The lowest BCUT2D eigenvalue weighted by Gasteiger charge is -2.08. The van der Waals surface area contributed by atoms with E-state index in [1.807, 2.05) is 6.92 Å². The van der Waals surface area contributed by atoms with Crippen molar-refractivity contribution < 1.29 is 9.72 Å². The normalized spacial score (nSPS) is 11.9. The van der Waals surface area contributed by atoms with E-state index in [9.17, 15) is 19.7 Å². The van der Waals surface area contributed by atoms with Gasteiger partial charge < -0.3 is 11.1 Å². The van der Waals surface area contributed by atoms with Crippen LogP contribution in [0, 0.1) is 10.1 Å². The standard InChI is InChI=1S/C11H16N4O4/c1-8(12)4-5-13-10(16)7-14-6-9(15(18)19)2-3-11(14)17/h2-3,6,8H,4-5,7,12H2,1H3,(H,13,16). The summed E-state index contributed by atoms with van der Waals surface area (Å²) in [6, 6.07) is 2.14. The second kappa shape index (κ2) is 6.64. The maximum Gasteiger partial charge on any atom is 0.285 e. The molecule has 1 rings (SSSR count). The molecule has 0 aliphatic rings. The number of nitrogens with two attached hydrogens (primary N) is 1. The summed E-state index contributed by atoms with van der Waals surface area (Å²) in [5.74, 6) is -0.386. The number of hydrogen-bond acceptors (Lipinski definition) is 5. The van der Waals surface area contributed by atoms with Gasteiger partial charge in [0.1, 0.15) is 6.54 Å². The molecular formula is C11H16N4O4. The molecule has 0 aromatic carbocycles. The predicted octanol–water partition coefficient (Wildman–Crippen LogP) is -0.390. The fraction of sp³-hybridized carbons (Fsp3) is 0.455. The Morgan fingerprint density at radius 3 is 2.84 bits per heavy atom. The highest BCUT2D eigenvalue weighted by Crippen LogP contribution is 2.05. The van der Waals surface area contributed by atoms with Crippen LogP contribution in [0.3, 0.4) is 0 Å². The fourth-order valence-electron chi connectivity index (χ4n) is 1.40. The van der Waals surface area contributed by atoms with Crippen molar-refractivity contribution in [2.75, 3.05) is 6.54 Å². The van der Waals surface area contributed by atoms with Crippen LogP contribution in [0.5, 0.6) is 0 Å². The quantitative estimate of drug-likeness (QED) is 0.537. The Morgan fingerprint density at radius 2 is 2.26 bits per heavy atom. The number of nitro groups is 1. The third kappa shape index (κ3) is 4.88. The molecule has 0 aliphatic heterocycles. The third-order valence-corrected chi connectivity index (χ3v) is 2.41. The van der Waals surface area contributed by atoms with Crippen LogP contribution in [0.2, 0.25) is 0 Å². The Balaban J connectivity index is 2.66. The van der Waals surface area contributed by atoms with E-state index < -0.39 is 10.5 Å². The number of carbonyl (C=O) groups is 1. The van der Waals surface area contributed by atoms with Crippen molar-refractivity contribution in [3.05, 3.63) is 38.8 Å². The van der Waals surface area contributed by atoms with Crippen molar-refractivity contribution in [3.8, 4) is 0 Å². The highest BCUT2D eigenvalue weighted by atomic mass is 16.6. The molecule has 0 spiro atoms. The van der Waals surface area contributed by atoms with E-state index in [1.54, 1.807) is 0 Å². The summed E-state index contributed by atoms with van der Waals surface area (Å²) < 4.78 is 0.999. The van der Waals surface area contributed by atoms with Crippen LogP contribution in [-0.4, -0.2) is 28.0 Å². The molecule has 19 heavy (non-hydrogen) atoms. The van der Waals surface area contributed by atoms with Crippen LogP contribution in [0.25, 0.3) is 0 Å². The molecule has 0 saturated heterocycles. The average Bonchev–Trinajstić information content (AvgIpc) is 2.31. The number of nitrogens with one attached hydrogen (secondary N) is 1. The second-order valence-corrected chi connectivity index (χ2v) is 4.23. The molecule has 0 radical (unpaired) electrons. The number of aromatic nitrogens is 1. The maximum absolute atomic E-state index is 11.5. The Morgan fingerprint density at radius 1 is 1.58 bits per heavy atom. The summed E-state index contributed by atoms with van der Waals surface area (Å²) in [6.07, 6.45) is 1.67. The topological polar surface area (TPSA) is 120 Å². The zero-order chi connectivity index (χ0) is 14.4. The lowest BCUT2D eigenvalue weighted by Crippen LogP contribution is -2.34. The number of hydrogen-bond donors (Lipinski definition) is 2. The smallest absolute Gasteiger partial charge is 0.285 e. The van der Waals surface area contributed by atoms with Gasteiger partial charge in [0, 0.05) is 24.7 Å². The van der Waals surface area contributed by atoms with Gasteiger partial charge in [0.05, 0.1) is 11.1 Å². The Labute approximate surface area is 109 Å². The van der Waals surface area contributed by atoms with Crippen molar-refractivity contribution in [2.45, 2.75) is 25.9 Å². The molecule has 104 valence electrons. The van der Waals surface area contributed by atoms with Crippen LogP contribution in [0.4, 0.5) is 5.69 Å². The molecule has 1 atom stereocenters. The van der Waals surface area contributed by atoms with Gasteiger partial charge in [-0.15, -0.1) is 0 Å². The predicted molar refractivity (Wildman–Crippen MR) is 68.6 cm³/mol. The first-order chi connectivity index (χ1) is 8.90. The van der Waals surface area contributed by atoms with E-state index in [0.717, 1.165) is 22.9 Å². The summed E-state index contributed by atoms with van der Waals surface area (Å²) in [7, 11) is 0. The van der Waals surface area contributed by atoms with E-state index in [1.165, 1.54) is 0 Å². The lowest BCUT2D eigenvalue weighted by atomic mass is 10.2. The maximum atomic E-state index is 11.5. The number of carbonyl (C=O) groups excluding carboxylic acids is 1. The molecule has 1 aromatic rings. The van der Waals surface area contributed by atoms with Gasteiger partial charge in [0.25, 0.3) is 11.2 Å². The van der Waals surface area contributed by atoms with E-state index in [2.05, 4.69) is 5.32 Å². The second-order valence-electron chi connectivity index (χ2n) is 4.23. The van der Waals surface area contributed by atoms with Crippen molar-refractivity contribution in [1.29, 1.82) is 0 Å². The zero-order valence-electron chi connectivity index (χ0n) is 10.5. The van der Waals surface area contributed by atoms with E-state index in [0.29, 0.717) is 13.0 Å². The van der Waals surface area contributed by atoms with Gasteiger partial charge in [-0.1, -0.05) is 0 Å². The van der Waals surface area contributed by atoms with Gasteiger partial charge in [-0.25, -0.2) is 0 Å². The van der Waals surface area contributed by atoms with E-state index >= 15 is 0 Å². The molecule has 0 bridgehead atoms. The molecule has 1 heterocycles. The zero-order valence-corrected chi connectivity index (χ0v) is 10.5. The number of nitrogens with zero attached hydrogens (tertiary/aromatic N) is 2. The monoisotopic (exact) mass is 268 g/mol. The van der Waals surface area contributed by atoms with Gasteiger partial charge in [0.2, 0.25) is 5.91 Å². The molecule has 1 amide bonds. The largest absolute Gasteiger partial charge is 0.354 e. The van der Waals surface area contributed by atoms with E-state index in [-0.39, 0.29) is 24.2 Å². The van der Waals surface area contributed by atoms with Gasteiger partial charge >= 0.3 is 0 Å². The molecule has 1 aromatic heterocycles. The summed E-state index contributed by atoms with van der Waals surface area (Å²) in [5.41, 5.74) is 4.83. The van der Waals surface area contributed by atoms with Gasteiger partial charge in [-0.05, 0) is 13.3 Å². The summed E-state index contributed by atoms with van der Waals surface area (Å²) in [5, 5.41) is 13.2. The van der Waals surface area contributed by atoms with Crippen LogP contribution in [-0.2, 0) is 11.3 Å². The van der Waals surface area contributed by atoms with Crippen molar-refractivity contribution in [2.24, 2.45) is 5.73 Å². The van der Waals surface area contributed by atoms with Crippen LogP contribution in [0.1, 0.15) is 13.3 Å². The highest BCUT2D eigenvalue weighted by molar-refractivity contribution is 5.75. The van der Waals surface area contributed by atoms with Gasteiger partial charge in [0.15, 0.2) is 0 Å². The Hall–Kier alpha value is -2.22. The number of rotatable bonds is 6. The minimum atomic E-state index is -0.621. The van der Waals surface area contributed by atoms with Gasteiger partial charge in [-0.2, -0.15) is 0 Å². The molecule has 8 nitrogen and oxygen atoms in total. The minimum absolute atomic E-state index is 0.0270. The molecule has 3 N–H and O–H groups in total. The van der Waals surface area contributed by atoms with Crippen molar-refractivity contribution in [1.82, 2.24) is 9.88 Å². The molecule has 1 unspecified atom stereocenters. The summed E-state index contributed by atoms with van der Waals surface area (Å²) >= 11 is 0. The molecule has 0 fully saturated rings. The molecule has 8 heteroatoms. The van der Waals surface area contributed by atoms with Crippen molar-refractivity contribution in [3.63, 3.8) is 0 Å². The lowest BCUT2D eigenvalue weighted by molar-refractivity contribution is -0.385. The molecular weight excluding hydrogens is 252 g/mol. The van der Waals surface area contributed by atoms with Crippen molar-refractivity contribution >= 4 is 11.6 Å². The van der Waals surface area contributed by atoms with Gasteiger partial charge in [-0.3, -0.25) is 24.3 Å². The third-order valence-electron chi connectivity index (χ3n) is 2.41. The number of amides is 1. The first kappa shape index (κ1) is 14.8. The summed E-state index contributed by atoms with van der Waals surface area (Å²) in [4.78, 5) is 32.9. The highest BCUT2D eigenvalue weighted by Gasteiger charge is 2.10. The fourth-order valence-corrected chi connectivity index (χ4v) is 1.40. The Bertz CT molecular complexity index is 524. The van der Waals surface area contributed by atoms with Crippen LogP contribution < -0.4 is 16.6 Å². The molecule has 0 saturated carbocycles. The SMILES string of the molecule is CC(N)CCNC(=O)Cn1cc([N+](=O)[O-])ccc1=O. The average molecular weight is 268 g/mol. The van der Waals surface area contributed by atoms with Crippen LogP contribution >= 0.6 is 0 Å². The number of pyridine rings is 1. The Kier molecular flexibility index (Phi) is 5.19. The first-order valence-electron chi connectivity index (χ1n) is 5.77. The van der Waals surface area contributed by atoms with E-state index in [4.69, 9.17) is 5.73 Å². The molecule has 0 aliphatic carbocycles. The van der Waals surface area contributed by atoms with Crippen LogP contribution in [0.15, 0.2) is 23.1 Å².